The van der Waals surface area contributed by atoms with Crippen molar-refractivity contribution in [3.63, 3.8) is 0 Å². The third kappa shape index (κ3) is 8.17. The van der Waals surface area contributed by atoms with E-state index in [0.717, 1.165) is 10.5 Å². The molecule has 0 spiro atoms. The molecule has 0 saturated carbocycles. The minimum Gasteiger partial charge on any atom is -0.456 e. The van der Waals surface area contributed by atoms with Gasteiger partial charge in [0.25, 0.3) is 5.72 Å². The molecule has 1 heterocycles. The molecule has 12 heteroatoms. The number of carbonyl (C=O) groups excluding carboxylic acids is 5. The van der Waals surface area contributed by atoms with Gasteiger partial charge in [-0.25, -0.2) is 9.59 Å². The average molecular weight is 597 g/mol. The lowest BCUT2D eigenvalue weighted by Crippen LogP contribution is -2.74. The number of benzene rings is 2. The van der Waals surface area contributed by atoms with Crippen molar-refractivity contribution in [3.8, 4) is 0 Å². The zero-order valence-electron chi connectivity index (χ0n) is 24.7. The second-order valence-electron chi connectivity index (χ2n) is 11.6. The summed E-state index contributed by atoms with van der Waals surface area (Å²) in [5, 5.41) is 14.2. The Morgan fingerprint density at radius 2 is 1.58 bits per heavy atom. The van der Waals surface area contributed by atoms with Gasteiger partial charge in [0.1, 0.15) is 23.8 Å². The number of ether oxygens (including phenoxy) is 2. The molecule has 12 nitrogen and oxygen atoms in total. The number of carbonyl (C=O) groups is 5. The Balaban J connectivity index is 1.86. The van der Waals surface area contributed by atoms with E-state index in [1.54, 1.807) is 51.1 Å². The smallest absolute Gasteiger partial charge is 0.408 e. The number of aliphatic hydroxyl groups is 1. The van der Waals surface area contributed by atoms with Crippen molar-refractivity contribution < 1.29 is 38.6 Å². The number of ketones is 1. The molecule has 3 atom stereocenters. The lowest BCUT2D eigenvalue weighted by Gasteiger charge is -2.42. The zero-order valence-corrected chi connectivity index (χ0v) is 24.7. The lowest BCUT2D eigenvalue weighted by atomic mass is 9.79. The molecule has 232 valence electrons. The summed E-state index contributed by atoms with van der Waals surface area (Å²) in [6.07, 6.45) is -1.21. The standard InChI is InChI=1S/C31H40N4O8/c1-29(2,3)43-27(39)31(41)30(33,17-18-35(31)25(37)16-10-15-21-11-6-4-7-12-21)26(38)23(19-24(32)36)34-28(40)42-20-22-13-8-5-9-14-22/h4-9,11-14,23,41H,10,15-20,33H2,1-3H3,(H2,32,36)(H,34,40)/t23-,30+,31-/m0/s1. The normalized spacial score (nSPS) is 20.6. The van der Waals surface area contributed by atoms with Crippen molar-refractivity contribution >= 4 is 29.7 Å². The Kier molecular flexibility index (Phi) is 10.7. The van der Waals surface area contributed by atoms with E-state index in [9.17, 15) is 29.1 Å². The number of amides is 3. The fourth-order valence-corrected chi connectivity index (χ4v) is 4.96. The van der Waals surface area contributed by atoms with Crippen LogP contribution in [0.5, 0.6) is 0 Å². The van der Waals surface area contributed by atoms with E-state index in [0.29, 0.717) is 18.4 Å². The first-order valence-electron chi connectivity index (χ1n) is 14.1. The molecule has 2 aromatic rings. The number of primary amides is 1. The van der Waals surface area contributed by atoms with E-state index in [1.807, 2.05) is 30.3 Å². The third-order valence-electron chi connectivity index (χ3n) is 7.09. The highest BCUT2D eigenvalue weighted by atomic mass is 16.6. The van der Waals surface area contributed by atoms with Crippen molar-refractivity contribution in [3.05, 3.63) is 71.8 Å². The van der Waals surface area contributed by atoms with E-state index in [2.05, 4.69) is 5.32 Å². The topological polar surface area (TPSA) is 191 Å². The molecule has 0 aromatic heterocycles. The van der Waals surface area contributed by atoms with Gasteiger partial charge in [0.15, 0.2) is 5.78 Å². The van der Waals surface area contributed by atoms with Gasteiger partial charge in [-0.2, -0.15) is 0 Å². The fourth-order valence-electron chi connectivity index (χ4n) is 4.96. The summed E-state index contributed by atoms with van der Waals surface area (Å²) < 4.78 is 10.6. The SMILES string of the molecule is CC(C)(C)OC(=O)[C@@]1(O)N(C(=O)CCCc2ccccc2)CC[C@@]1(N)C(=O)[C@H](CC(N)=O)NC(=O)OCc1ccccc1. The van der Waals surface area contributed by atoms with Gasteiger partial charge < -0.3 is 36.3 Å². The maximum absolute atomic E-state index is 14.0. The Morgan fingerprint density at radius 3 is 2.14 bits per heavy atom. The molecule has 1 aliphatic rings. The number of esters is 1. The fraction of sp³-hybridized carbons (Fsp3) is 0.452. The number of likely N-dealkylation sites (tertiary alicyclic amines) is 1. The van der Waals surface area contributed by atoms with Crippen molar-refractivity contribution in [1.82, 2.24) is 10.2 Å². The van der Waals surface area contributed by atoms with Crippen LogP contribution in [0, 0.1) is 0 Å². The minimum atomic E-state index is -2.94. The molecule has 0 radical (unpaired) electrons. The van der Waals surface area contributed by atoms with Crippen molar-refractivity contribution in [1.29, 1.82) is 0 Å². The van der Waals surface area contributed by atoms with Crippen molar-refractivity contribution in [2.75, 3.05) is 6.54 Å². The number of aryl methyl sites for hydroxylation is 1. The van der Waals surface area contributed by atoms with Gasteiger partial charge in [-0.15, -0.1) is 0 Å². The molecule has 43 heavy (non-hydrogen) atoms. The van der Waals surface area contributed by atoms with Crippen LogP contribution < -0.4 is 16.8 Å². The number of rotatable bonds is 12. The Bertz CT molecular complexity index is 1310. The van der Waals surface area contributed by atoms with Gasteiger partial charge in [-0.05, 0) is 51.2 Å². The van der Waals surface area contributed by atoms with Gasteiger partial charge >= 0.3 is 12.1 Å². The summed E-state index contributed by atoms with van der Waals surface area (Å²) in [7, 11) is 0. The molecule has 1 fully saturated rings. The molecule has 2 aromatic carbocycles. The Labute approximate surface area is 250 Å². The van der Waals surface area contributed by atoms with Crippen LogP contribution in [-0.4, -0.2) is 69.1 Å². The van der Waals surface area contributed by atoms with Gasteiger partial charge in [-0.3, -0.25) is 14.4 Å². The number of alkyl carbamates (subject to hydrolysis) is 1. The van der Waals surface area contributed by atoms with Gasteiger partial charge in [0.2, 0.25) is 11.8 Å². The average Bonchev–Trinajstić information content (AvgIpc) is 3.23. The molecular formula is C31H40N4O8. The second kappa shape index (κ2) is 13.8. The number of hydrogen-bond acceptors (Lipinski definition) is 9. The van der Waals surface area contributed by atoms with Gasteiger partial charge in [-0.1, -0.05) is 60.7 Å². The summed E-state index contributed by atoms with van der Waals surface area (Å²) in [4.78, 5) is 66.3. The quantitative estimate of drug-likeness (QED) is 0.264. The molecule has 0 bridgehead atoms. The first kappa shape index (κ1) is 33.2. The minimum absolute atomic E-state index is 0.0565. The molecule has 3 amide bonds. The highest BCUT2D eigenvalue weighted by molar-refractivity contribution is 6.05. The Morgan fingerprint density at radius 1 is 1.00 bits per heavy atom. The maximum Gasteiger partial charge on any atom is 0.408 e. The van der Waals surface area contributed by atoms with Crippen molar-refractivity contribution in [2.24, 2.45) is 11.5 Å². The predicted molar refractivity (Wildman–Crippen MR) is 156 cm³/mol. The van der Waals surface area contributed by atoms with Gasteiger partial charge in [0.05, 0.1) is 6.42 Å². The van der Waals surface area contributed by atoms with Crippen LogP contribution in [0.4, 0.5) is 4.79 Å². The van der Waals surface area contributed by atoms with E-state index in [4.69, 9.17) is 20.9 Å². The predicted octanol–water partition coefficient (Wildman–Crippen LogP) is 1.71. The van der Waals surface area contributed by atoms with Crippen LogP contribution in [-0.2, 0) is 41.7 Å². The molecule has 0 unspecified atom stereocenters. The first-order valence-corrected chi connectivity index (χ1v) is 14.1. The number of nitrogens with two attached hydrogens (primary N) is 2. The lowest BCUT2D eigenvalue weighted by molar-refractivity contribution is -0.207. The van der Waals surface area contributed by atoms with E-state index < -0.39 is 59.0 Å². The monoisotopic (exact) mass is 596 g/mol. The molecular weight excluding hydrogens is 556 g/mol. The summed E-state index contributed by atoms with van der Waals surface area (Å²) >= 11 is 0. The molecule has 6 N–H and O–H groups in total. The van der Waals surface area contributed by atoms with E-state index in [-0.39, 0.29) is 26.0 Å². The van der Waals surface area contributed by atoms with Crippen LogP contribution in [0.2, 0.25) is 0 Å². The van der Waals surface area contributed by atoms with Gasteiger partial charge in [0, 0.05) is 13.0 Å². The van der Waals surface area contributed by atoms with Crippen LogP contribution >= 0.6 is 0 Å². The number of hydrogen-bond donors (Lipinski definition) is 4. The third-order valence-corrected chi connectivity index (χ3v) is 7.09. The van der Waals surface area contributed by atoms with Crippen molar-refractivity contribution in [2.45, 2.75) is 82.4 Å². The van der Waals surface area contributed by atoms with Crippen LogP contribution in [0.1, 0.15) is 57.6 Å². The van der Waals surface area contributed by atoms with E-state index >= 15 is 0 Å². The highest BCUT2D eigenvalue weighted by Crippen LogP contribution is 2.39. The summed E-state index contributed by atoms with van der Waals surface area (Å²) in [5.41, 5.74) is 7.04. The maximum atomic E-state index is 14.0. The number of Topliss-reactive ketones (excluding diaryl/α,β-unsaturated/α-hetero) is 1. The van der Waals surface area contributed by atoms with Crippen LogP contribution in [0.3, 0.4) is 0 Å². The number of nitrogens with one attached hydrogen (secondary N) is 1. The highest BCUT2D eigenvalue weighted by Gasteiger charge is 2.69. The zero-order chi connectivity index (χ0) is 31.8. The van der Waals surface area contributed by atoms with Crippen LogP contribution in [0.15, 0.2) is 60.7 Å². The van der Waals surface area contributed by atoms with E-state index in [1.165, 1.54) is 0 Å². The molecule has 3 rings (SSSR count). The van der Waals surface area contributed by atoms with Crippen LogP contribution in [0.25, 0.3) is 0 Å². The molecule has 1 saturated heterocycles. The summed E-state index contributed by atoms with van der Waals surface area (Å²) in [5.74, 6) is -3.98. The summed E-state index contributed by atoms with van der Waals surface area (Å²) in [6.45, 7) is 4.26. The summed E-state index contributed by atoms with van der Waals surface area (Å²) in [6, 6.07) is 16.5. The second-order valence-corrected chi connectivity index (χ2v) is 11.6. The Hall–Kier alpha value is -4.29. The molecule has 0 aliphatic carbocycles. The molecule has 1 aliphatic heterocycles. The number of nitrogens with zero attached hydrogens (tertiary/aromatic N) is 1. The largest absolute Gasteiger partial charge is 0.456 e. The first-order chi connectivity index (χ1) is 20.2.